The lowest BCUT2D eigenvalue weighted by Crippen LogP contribution is -2.21. The highest BCUT2D eigenvalue weighted by Crippen LogP contribution is 2.33. The van der Waals surface area contributed by atoms with Gasteiger partial charge in [-0.1, -0.05) is 12.1 Å². The van der Waals surface area contributed by atoms with Gasteiger partial charge in [0.05, 0.1) is 47.5 Å². The molecule has 0 saturated heterocycles. The molecule has 0 fully saturated rings. The Bertz CT molecular complexity index is 1630. The number of aromatic nitrogens is 3. The van der Waals surface area contributed by atoms with E-state index in [4.69, 9.17) is 14.2 Å². The molecule has 2 heterocycles. The summed E-state index contributed by atoms with van der Waals surface area (Å²) in [4.78, 5) is 10.8. The fourth-order valence-electron chi connectivity index (χ4n) is 4.14. The van der Waals surface area contributed by atoms with Gasteiger partial charge in [0.15, 0.2) is 0 Å². The minimum atomic E-state index is -4.28. The van der Waals surface area contributed by atoms with Crippen molar-refractivity contribution in [3.8, 4) is 17.2 Å². The number of ether oxygens (including phenoxy) is 3. The molecule has 39 heavy (non-hydrogen) atoms. The smallest absolute Gasteiger partial charge is 0.274 e. The van der Waals surface area contributed by atoms with E-state index < -0.39 is 20.8 Å². The van der Waals surface area contributed by atoms with Crippen LogP contribution in [0.5, 0.6) is 17.2 Å². The van der Waals surface area contributed by atoms with Gasteiger partial charge in [0.1, 0.15) is 28.8 Å². The average Bonchev–Trinajstić information content (AvgIpc) is 3.30. The van der Waals surface area contributed by atoms with Crippen molar-refractivity contribution in [2.45, 2.75) is 29.7 Å². The normalized spacial score (nSPS) is 12.6. The van der Waals surface area contributed by atoms with Crippen molar-refractivity contribution in [2.24, 2.45) is 0 Å². The highest BCUT2D eigenvalue weighted by atomic mass is 32.2. The van der Waals surface area contributed by atoms with Crippen LogP contribution < -0.4 is 14.2 Å². The van der Waals surface area contributed by atoms with Crippen molar-refractivity contribution < 1.29 is 26.8 Å². The second kappa shape index (κ2) is 11.7. The van der Waals surface area contributed by atoms with E-state index in [1.54, 1.807) is 49.7 Å². The topological polar surface area (TPSA) is 113 Å². The molecule has 0 amide bonds. The number of aryl methyl sites for hydroxylation is 1. The lowest BCUT2D eigenvalue weighted by molar-refractivity contribution is 0.256. The molecule has 0 aliphatic heterocycles. The summed E-state index contributed by atoms with van der Waals surface area (Å²) in [6.07, 6.45) is 1.64. The summed E-state index contributed by atoms with van der Waals surface area (Å²) in [6.45, 7) is 4.60. The maximum atomic E-state index is 14.2. The van der Waals surface area contributed by atoms with Gasteiger partial charge in [0.2, 0.25) is 5.16 Å². The molecule has 4 rings (SSSR count). The molecular weight excluding hydrogens is 540 g/mol. The van der Waals surface area contributed by atoms with E-state index in [0.29, 0.717) is 35.9 Å². The maximum absolute atomic E-state index is 14.2. The Kier molecular flexibility index (Phi) is 8.57. The first kappa shape index (κ1) is 28.5. The third-order valence-electron chi connectivity index (χ3n) is 6.18. The third kappa shape index (κ3) is 5.77. The van der Waals surface area contributed by atoms with Crippen LogP contribution in [0.15, 0.2) is 58.7 Å². The number of pyridine rings is 1. The van der Waals surface area contributed by atoms with Crippen molar-refractivity contribution in [1.29, 1.82) is 0 Å². The van der Waals surface area contributed by atoms with Crippen LogP contribution in [0.3, 0.4) is 0 Å². The number of fused-ring (bicyclic) bond motifs is 1. The van der Waals surface area contributed by atoms with Gasteiger partial charge < -0.3 is 19.1 Å². The van der Waals surface area contributed by atoms with E-state index in [2.05, 4.69) is 9.97 Å². The molecule has 0 N–H and O–H groups in total. The van der Waals surface area contributed by atoms with Crippen molar-refractivity contribution in [3.63, 3.8) is 0 Å². The van der Waals surface area contributed by atoms with Gasteiger partial charge in [0, 0.05) is 29.9 Å². The Hall–Kier alpha value is -3.48. The Balaban J connectivity index is 1.85. The zero-order chi connectivity index (χ0) is 28.3. The summed E-state index contributed by atoms with van der Waals surface area (Å²) in [6, 6.07) is 11.2. The summed E-state index contributed by atoms with van der Waals surface area (Å²) < 4.78 is 59.9. The molecule has 0 spiro atoms. The monoisotopic (exact) mass is 572 g/mol. The van der Waals surface area contributed by atoms with Gasteiger partial charge in [0.25, 0.3) is 10.0 Å². The summed E-state index contributed by atoms with van der Waals surface area (Å²) in [5.74, 6) is 1.29. The first-order valence-corrected chi connectivity index (χ1v) is 14.9. The number of nitrogens with zero attached hydrogens (tertiary/aromatic N) is 4. The molecule has 0 aliphatic rings. The second-order valence-corrected chi connectivity index (χ2v) is 12.3. The molecule has 0 aliphatic carbocycles. The molecule has 2 aromatic carbocycles. The molecule has 0 bridgehead atoms. The fourth-order valence-corrected chi connectivity index (χ4v) is 7.33. The van der Waals surface area contributed by atoms with Crippen molar-refractivity contribution in [2.75, 3.05) is 41.5 Å². The summed E-state index contributed by atoms with van der Waals surface area (Å²) >= 11 is 0. The first-order chi connectivity index (χ1) is 18.6. The molecule has 0 saturated carbocycles. The Morgan fingerprint density at radius 3 is 2.49 bits per heavy atom. The van der Waals surface area contributed by atoms with Crippen LogP contribution in [0, 0.1) is 13.8 Å². The molecule has 4 aromatic rings. The van der Waals surface area contributed by atoms with Gasteiger partial charge in [-0.05, 0) is 52.2 Å². The number of rotatable bonds is 11. The van der Waals surface area contributed by atoms with Crippen LogP contribution in [-0.4, -0.2) is 72.9 Å². The van der Waals surface area contributed by atoms with E-state index in [1.165, 1.54) is 13.2 Å². The summed E-state index contributed by atoms with van der Waals surface area (Å²) in [5.41, 5.74) is 2.71. The predicted molar refractivity (Wildman–Crippen MR) is 150 cm³/mol. The van der Waals surface area contributed by atoms with Crippen LogP contribution in [0.1, 0.15) is 16.8 Å². The zero-order valence-electron chi connectivity index (χ0n) is 22.8. The minimum absolute atomic E-state index is 0.0524. The number of likely N-dealkylation sites (N-methyl/N-ethyl adjacent to an activating group) is 1. The number of imidazole rings is 1. The van der Waals surface area contributed by atoms with E-state index in [0.717, 1.165) is 15.1 Å². The molecular formula is C27H32N4O6S2. The van der Waals surface area contributed by atoms with Crippen molar-refractivity contribution >= 4 is 31.9 Å². The predicted octanol–water partition coefficient (Wildman–Crippen LogP) is 3.55. The number of benzene rings is 2. The van der Waals surface area contributed by atoms with E-state index in [1.807, 2.05) is 32.8 Å². The Morgan fingerprint density at radius 2 is 1.79 bits per heavy atom. The number of para-hydroxylation sites is 1. The Labute approximate surface area is 231 Å². The number of methoxy groups -OCH3 is 2. The first-order valence-electron chi connectivity index (χ1n) is 12.1. The molecule has 208 valence electrons. The highest BCUT2D eigenvalue weighted by molar-refractivity contribution is 7.91. The average molecular weight is 573 g/mol. The van der Waals surface area contributed by atoms with Gasteiger partial charge in [-0.15, -0.1) is 0 Å². The van der Waals surface area contributed by atoms with Gasteiger partial charge >= 0.3 is 0 Å². The van der Waals surface area contributed by atoms with E-state index in [-0.39, 0.29) is 27.1 Å². The van der Waals surface area contributed by atoms with E-state index >= 15 is 0 Å². The lowest BCUT2D eigenvalue weighted by atomic mass is 10.1. The second-order valence-electron chi connectivity index (χ2n) is 9.15. The molecule has 0 radical (unpaired) electrons. The highest BCUT2D eigenvalue weighted by Gasteiger charge is 2.30. The quantitative estimate of drug-likeness (QED) is 0.266. The van der Waals surface area contributed by atoms with Gasteiger partial charge in [-0.3, -0.25) is 9.19 Å². The maximum Gasteiger partial charge on any atom is 0.274 e. The molecule has 2 aromatic heterocycles. The molecule has 1 atom stereocenters. The number of hydrogen-bond acceptors (Lipinski definition) is 9. The molecule has 12 heteroatoms. The van der Waals surface area contributed by atoms with E-state index in [9.17, 15) is 12.6 Å². The zero-order valence-corrected chi connectivity index (χ0v) is 24.4. The SMILES string of the molecule is COc1ccc2c(c1)nc(S(=O)Cc1ncc(C)c(OC)c1C)n2S(=O)(=O)c1ccccc1OCCN(C)C. The largest absolute Gasteiger partial charge is 0.497 e. The Morgan fingerprint density at radius 1 is 1.05 bits per heavy atom. The fraction of sp³-hybridized carbons (Fsp3) is 0.333. The minimum Gasteiger partial charge on any atom is -0.497 e. The molecule has 1 unspecified atom stereocenters. The summed E-state index contributed by atoms with van der Waals surface area (Å²) in [5, 5.41) is -0.123. The lowest BCUT2D eigenvalue weighted by Gasteiger charge is -2.16. The van der Waals surface area contributed by atoms with Crippen LogP contribution in [0.25, 0.3) is 11.0 Å². The van der Waals surface area contributed by atoms with Gasteiger partial charge in [-0.2, -0.15) is 0 Å². The van der Waals surface area contributed by atoms with Crippen LogP contribution in [-0.2, 0) is 26.6 Å². The molecule has 10 nitrogen and oxygen atoms in total. The number of hydrogen-bond donors (Lipinski definition) is 0. The van der Waals surface area contributed by atoms with Gasteiger partial charge in [-0.25, -0.2) is 17.4 Å². The van der Waals surface area contributed by atoms with Crippen LogP contribution >= 0.6 is 0 Å². The van der Waals surface area contributed by atoms with Crippen LogP contribution in [0.4, 0.5) is 0 Å². The van der Waals surface area contributed by atoms with Crippen molar-refractivity contribution in [3.05, 3.63) is 65.5 Å². The third-order valence-corrected chi connectivity index (χ3v) is 9.25. The summed E-state index contributed by atoms with van der Waals surface area (Å²) in [7, 11) is 0.706. The standard InChI is InChI=1S/C27H32N4O6S2/c1-18-16-28-22(19(2)26(18)36-6)17-38(32)27-29-21-15-20(35-5)11-12-23(21)31(27)39(33,34)25-10-8-7-9-24(25)37-14-13-30(3)4/h7-12,15-16H,13-14,17H2,1-6H3. The van der Waals surface area contributed by atoms with Crippen LogP contribution in [0.2, 0.25) is 0 Å². The van der Waals surface area contributed by atoms with Crippen molar-refractivity contribution in [1.82, 2.24) is 18.8 Å².